The Morgan fingerprint density at radius 3 is 2.26 bits per heavy atom. The maximum atomic E-state index is 12.5. The number of methoxy groups -OCH3 is 1. The van der Waals surface area contributed by atoms with Crippen LogP contribution in [0.1, 0.15) is 23.5 Å². The van der Waals surface area contributed by atoms with Crippen LogP contribution in [0.25, 0.3) is 10.1 Å². The van der Waals surface area contributed by atoms with Crippen molar-refractivity contribution < 1.29 is 27.5 Å². The number of carbonyl (C=O) groups is 2. The van der Waals surface area contributed by atoms with Crippen molar-refractivity contribution in [2.24, 2.45) is 0 Å². The Hall–Kier alpha value is -2.37. The van der Waals surface area contributed by atoms with Crippen molar-refractivity contribution in [1.29, 1.82) is 0 Å². The smallest absolute Gasteiger partial charge is 0.350 e. The van der Waals surface area contributed by atoms with Crippen LogP contribution in [0.5, 0.6) is 5.75 Å². The molecule has 1 N–H and O–H groups in total. The second-order valence-corrected chi connectivity index (χ2v) is 10.7. The van der Waals surface area contributed by atoms with Crippen molar-refractivity contribution >= 4 is 72.2 Å². The van der Waals surface area contributed by atoms with Crippen LogP contribution in [0, 0.1) is 0 Å². The topological polar surface area (TPSA) is 102 Å². The third-order valence-corrected chi connectivity index (χ3v) is 9.18. The van der Waals surface area contributed by atoms with Gasteiger partial charge in [0.25, 0.3) is 5.91 Å². The van der Waals surface area contributed by atoms with E-state index in [-0.39, 0.29) is 14.8 Å². The van der Waals surface area contributed by atoms with Crippen LogP contribution in [0.15, 0.2) is 41.3 Å². The molecule has 3 aromatic rings. The summed E-state index contributed by atoms with van der Waals surface area (Å²) in [6.07, 6.45) is 0. The van der Waals surface area contributed by atoms with Crippen LogP contribution < -0.4 is 10.1 Å². The molecule has 1 heterocycles. The van der Waals surface area contributed by atoms with Gasteiger partial charge in [0.2, 0.25) is 10.0 Å². The van der Waals surface area contributed by atoms with Gasteiger partial charge in [0, 0.05) is 24.2 Å². The first-order valence-electron chi connectivity index (χ1n) is 10.2. The Morgan fingerprint density at radius 1 is 1.03 bits per heavy atom. The van der Waals surface area contributed by atoms with Gasteiger partial charge in [0.15, 0.2) is 6.61 Å². The molecule has 34 heavy (non-hydrogen) atoms. The first-order chi connectivity index (χ1) is 16.1. The SMILES string of the molecule is CCN(CC)S(=O)(=O)c1ccc(NC(=O)COC(=O)c2sc3c(Cl)c(OC)ccc3c2Cl)cc1. The van der Waals surface area contributed by atoms with Crippen molar-refractivity contribution in [3.05, 3.63) is 51.3 Å². The molecule has 12 heteroatoms. The average Bonchev–Trinajstić information content (AvgIpc) is 3.16. The Labute approximate surface area is 211 Å². The summed E-state index contributed by atoms with van der Waals surface area (Å²) >= 11 is 13.7. The molecule has 0 bridgehead atoms. The van der Waals surface area contributed by atoms with Gasteiger partial charge in [-0.3, -0.25) is 4.79 Å². The lowest BCUT2D eigenvalue weighted by Crippen LogP contribution is -2.30. The average molecular weight is 545 g/mol. The Bertz CT molecular complexity index is 1320. The Morgan fingerprint density at radius 2 is 1.68 bits per heavy atom. The number of hydrogen-bond acceptors (Lipinski definition) is 7. The number of fused-ring (bicyclic) bond motifs is 1. The molecule has 3 rings (SSSR count). The molecule has 0 spiro atoms. The van der Waals surface area contributed by atoms with Gasteiger partial charge in [0.1, 0.15) is 15.6 Å². The van der Waals surface area contributed by atoms with Gasteiger partial charge in [-0.15, -0.1) is 11.3 Å². The lowest BCUT2D eigenvalue weighted by molar-refractivity contribution is -0.119. The van der Waals surface area contributed by atoms with E-state index < -0.39 is 28.5 Å². The zero-order chi connectivity index (χ0) is 25.0. The van der Waals surface area contributed by atoms with E-state index in [1.807, 2.05) is 0 Å². The fourth-order valence-electron chi connectivity index (χ4n) is 3.19. The number of hydrogen-bond donors (Lipinski definition) is 1. The van der Waals surface area contributed by atoms with Crippen LogP contribution in [0.2, 0.25) is 10.0 Å². The number of nitrogens with one attached hydrogen (secondary N) is 1. The fourth-order valence-corrected chi connectivity index (χ4v) is 6.42. The highest BCUT2D eigenvalue weighted by Crippen LogP contribution is 2.43. The van der Waals surface area contributed by atoms with Gasteiger partial charge < -0.3 is 14.8 Å². The maximum absolute atomic E-state index is 12.5. The molecule has 182 valence electrons. The number of rotatable bonds is 9. The highest BCUT2D eigenvalue weighted by atomic mass is 35.5. The number of anilines is 1. The van der Waals surface area contributed by atoms with Crippen LogP contribution in [-0.4, -0.2) is 51.4 Å². The van der Waals surface area contributed by atoms with Gasteiger partial charge in [-0.2, -0.15) is 4.31 Å². The first kappa shape index (κ1) is 26.2. The quantitative estimate of drug-likeness (QED) is 0.378. The van der Waals surface area contributed by atoms with Crippen LogP contribution >= 0.6 is 34.5 Å². The minimum absolute atomic E-state index is 0.116. The molecule has 1 amide bonds. The Kier molecular flexibility index (Phi) is 8.43. The molecule has 0 saturated carbocycles. The highest BCUT2D eigenvalue weighted by Gasteiger charge is 2.23. The summed E-state index contributed by atoms with van der Waals surface area (Å²) in [4.78, 5) is 25.0. The van der Waals surface area contributed by atoms with E-state index in [1.54, 1.807) is 26.0 Å². The summed E-state index contributed by atoms with van der Waals surface area (Å²) in [6.45, 7) is 3.67. The van der Waals surface area contributed by atoms with E-state index in [1.165, 1.54) is 35.7 Å². The minimum Gasteiger partial charge on any atom is -0.495 e. The number of sulfonamides is 1. The van der Waals surface area contributed by atoms with E-state index in [0.717, 1.165) is 11.3 Å². The van der Waals surface area contributed by atoms with Crippen molar-refractivity contribution in [2.45, 2.75) is 18.7 Å². The molecular formula is C22H22Cl2N2O6S2. The van der Waals surface area contributed by atoms with Gasteiger partial charge in [-0.1, -0.05) is 37.0 Å². The molecule has 0 atom stereocenters. The van der Waals surface area contributed by atoms with Crippen molar-refractivity contribution in [1.82, 2.24) is 4.31 Å². The van der Waals surface area contributed by atoms with Crippen molar-refractivity contribution in [3.8, 4) is 5.75 Å². The predicted molar refractivity (Wildman–Crippen MR) is 134 cm³/mol. The zero-order valence-corrected chi connectivity index (χ0v) is 21.7. The highest BCUT2D eigenvalue weighted by molar-refractivity contribution is 7.89. The lowest BCUT2D eigenvalue weighted by Gasteiger charge is -2.18. The predicted octanol–water partition coefficient (Wildman–Crippen LogP) is 5.04. The normalized spacial score (nSPS) is 11.6. The fraction of sp³-hybridized carbons (Fsp3) is 0.273. The zero-order valence-electron chi connectivity index (χ0n) is 18.6. The van der Waals surface area contributed by atoms with Crippen LogP contribution in [0.4, 0.5) is 5.69 Å². The molecule has 8 nitrogen and oxygen atoms in total. The van der Waals surface area contributed by atoms with E-state index >= 15 is 0 Å². The molecule has 2 aromatic carbocycles. The number of esters is 1. The standard InChI is InChI=1S/C22H22Cl2N2O6S2/c1-4-26(5-2)34(29,30)14-8-6-13(7-9-14)25-17(27)12-32-22(28)21-18(23)15-10-11-16(31-3)19(24)20(15)33-21/h6-11H,4-5,12H2,1-3H3,(H,25,27). The van der Waals surface area contributed by atoms with Gasteiger partial charge in [-0.25, -0.2) is 13.2 Å². The molecule has 0 fully saturated rings. The third kappa shape index (κ3) is 5.31. The third-order valence-electron chi connectivity index (χ3n) is 4.92. The first-order valence-corrected chi connectivity index (χ1v) is 13.2. The number of carbonyl (C=O) groups excluding carboxylic acids is 2. The van der Waals surface area contributed by atoms with Gasteiger partial charge in [-0.05, 0) is 36.4 Å². The summed E-state index contributed by atoms with van der Waals surface area (Å²) in [6, 6.07) is 9.08. The summed E-state index contributed by atoms with van der Waals surface area (Å²) in [5, 5.41) is 3.64. The molecular weight excluding hydrogens is 523 g/mol. The largest absolute Gasteiger partial charge is 0.495 e. The van der Waals surface area contributed by atoms with E-state index in [9.17, 15) is 18.0 Å². The van der Waals surface area contributed by atoms with Crippen molar-refractivity contribution in [3.63, 3.8) is 0 Å². The summed E-state index contributed by atoms with van der Waals surface area (Å²) in [5.74, 6) is -0.913. The number of amides is 1. The van der Waals surface area contributed by atoms with E-state index in [4.69, 9.17) is 32.7 Å². The Balaban J connectivity index is 1.65. The lowest BCUT2D eigenvalue weighted by atomic mass is 10.2. The summed E-state index contributed by atoms with van der Waals surface area (Å²) < 4.78 is 37.3. The second kappa shape index (κ2) is 10.9. The number of benzene rings is 2. The molecule has 0 unspecified atom stereocenters. The van der Waals surface area contributed by atoms with Gasteiger partial charge >= 0.3 is 5.97 Å². The molecule has 0 aliphatic rings. The number of thiophene rings is 1. The number of nitrogens with zero attached hydrogens (tertiary/aromatic N) is 1. The molecule has 0 radical (unpaired) electrons. The number of halogens is 2. The van der Waals surface area contributed by atoms with Gasteiger partial charge in [0.05, 0.1) is 21.7 Å². The summed E-state index contributed by atoms with van der Waals surface area (Å²) in [7, 11) is -2.12. The van der Waals surface area contributed by atoms with Crippen LogP contribution in [-0.2, 0) is 19.6 Å². The monoisotopic (exact) mass is 544 g/mol. The minimum atomic E-state index is -3.60. The number of ether oxygens (including phenoxy) is 2. The second-order valence-electron chi connectivity index (χ2n) is 6.94. The molecule has 1 aromatic heterocycles. The summed E-state index contributed by atoms with van der Waals surface area (Å²) in [5.41, 5.74) is 0.360. The van der Waals surface area contributed by atoms with Crippen molar-refractivity contribution in [2.75, 3.05) is 32.1 Å². The van der Waals surface area contributed by atoms with Crippen LogP contribution in [0.3, 0.4) is 0 Å². The molecule has 0 aliphatic heterocycles. The van der Waals surface area contributed by atoms with E-state index in [2.05, 4.69) is 5.32 Å². The van der Waals surface area contributed by atoms with E-state index in [0.29, 0.717) is 39.6 Å². The molecule has 0 saturated heterocycles. The maximum Gasteiger partial charge on any atom is 0.350 e. The molecule has 0 aliphatic carbocycles.